The molecule has 0 atom stereocenters. The number of halogens is 4. The third-order valence-corrected chi connectivity index (χ3v) is 3.18. The topological polar surface area (TPSA) is 47.9 Å². The lowest BCUT2D eigenvalue weighted by Crippen LogP contribution is -2.07. The van der Waals surface area contributed by atoms with Crippen molar-refractivity contribution in [1.82, 2.24) is 0 Å². The minimum Gasteiger partial charge on any atom is -0.435 e. The monoisotopic (exact) mass is 351 g/mol. The Labute approximate surface area is 139 Å². The standard InChI is InChI=1S/C17H9F4NO3/c18-11-5-4-9(13(19)8-11)7-14-16(23)25-15(22-14)10-2-1-3-12(6-10)24-17(20)21/h1-8,17H/b14-7+. The quantitative estimate of drug-likeness (QED) is 0.477. The molecule has 0 aliphatic carbocycles. The van der Waals surface area contributed by atoms with Gasteiger partial charge in [0.05, 0.1) is 0 Å². The molecule has 4 nitrogen and oxygen atoms in total. The summed E-state index contributed by atoms with van der Waals surface area (Å²) in [4.78, 5) is 15.8. The zero-order valence-electron chi connectivity index (χ0n) is 12.4. The zero-order chi connectivity index (χ0) is 18.0. The zero-order valence-corrected chi connectivity index (χ0v) is 12.4. The highest BCUT2D eigenvalue weighted by Crippen LogP contribution is 2.23. The molecule has 8 heteroatoms. The van der Waals surface area contributed by atoms with Gasteiger partial charge in [0.25, 0.3) is 0 Å². The van der Waals surface area contributed by atoms with E-state index in [4.69, 9.17) is 4.74 Å². The molecular formula is C17H9F4NO3. The molecule has 3 rings (SSSR count). The van der Waals surface area contributed by atoms with Crippen molar-refractivity contribution in [2.24, 2.45) is 4.99 Å². The van der Waals surface area contributed by atoms with Crippen LogP contribution in [0.25, 0.3) is 6.08 Å². The lowest BCUT2D eigenvalue weighted by Gasteiger charge is -2.05. The maximum Gasteiger partial charge on any atom is 0.387 e. The summed E-state index contributed by atoms with van der Waals surface area (Å²) < 4.78 is 60.3. The van der Waals surface area contributed by atoms with Crippen molar-refractivity contribution in [3.8, 4) is 5.75 Å². The first-order valence-electron chi connectivity index (χ1n) is 6.95. The minimum absolute atomic E-state index is 0.0480. The van der Waals surface area contributed by atoms with E-state index in [2.05, 4.69) is 9.73 Å². The van der Waals surface area contributed by atoms with Gasteiger partial charge in [-0.1, -0.05) is 6.07 Å². The molecule has 0 saturated heterocycles. The number of hydrogen-bond acceptors (Lipinski definition) is 4. The van der Waals surface area contributed by atoms with Crippen molar-refractivity contribution in [1.29, 1.82) is 0 Å². The van der Waals surface area contributed by atoms with Crippen molar-refractivity contribution < 1.29 is 31.8 Å². The molecular weight excluding hydrogens is 342 g/mol. The predicted octanol–water partition coefficient (Wildman–Crippen LogP) is 3.91. The Kier molecular flexibility index (Phi) is 4.51. The van der Waals surface area contributed by atoms with Crippen LogP contribution in [0.4, 0.5) is 17.6 Å². The molecule has 1 aliphatic rings. The normalized spacial score (nSPS) is 15.5. The Morgan fingerprint density at radius 3 is 2.64 bits per heavy atom. The van der Waals surface area contributed by atoms with Crippen LogP contribution < -0.4 is 4.74 Å². The van der Waals surface area contributed by atoms with Gasteiger partial charge < -0.3 is 9.47 Å². The molecule has 2 aromatic carbocycles. The molecule has 1 aliphatic heterocycles. The van der Waals surface area contributed by atoms with Crippen LogP contribution >= 0.6 is 0 Å². The lowest BCUT2D eigenvalue weighted by atomic mass is 10.2. The molecule has 1 heterocycles. The average Bonchev–Trinajstić information content (AvgIpc) is 2.91. The number of carbonyl (C=O) groups is 1. The SMILES string of the molecule is O=C1OC(c2cccc(OC(F)F)c2)=N/C1=C/c1ccc(F)cc1F. The van der Waals surface area contributed by atoms with Crippen LogP contribution in [-0.4, -0.2) is 18.5 Å². The van der Waals surface area contributed by atoms with E-state index in [0.29, 0.717) is 6.07 Å². The summed E-state index contributed by atoms with van der Waals surface area (Å²) in [5, 5.41) is 0. The Bertz CT molecular complexity index is 893. The highest BCUT2D eigenvalue weighted by molar-refractivity contribution is 6.12. The maximum atomic E-state index is 13.7. The summed E-state index contributed by atoms with van der Waals surface area (Å²) in [5.74, 6) is -2.74. The lowest BCUT2D eigenvalue weighted by molar-refractivity contribution is -0.129. The van der Waals surface area contributed by atoms with E-state index in [9.17, 15) is 22.4 Å². The van der Waals surface area contributed by atoms with Crippen LogP contribution in [0, 0.1) is 11.6 Å². The van der Waals surface area contributed by atoms with E-state index in [0.717, 1.165) is 18.2 Å². The Balaban J connectivity index is 1.91. The molecule has 0 fully saturated rings. The first-order valence-corrected chi connectivity index (χ1v) is 6.95. The molecule has 25 heavy (non-hydrogen) atoms. The average molecular weight is 351 g/mol. The predicted molar refractivity (Wildman–Crippen MR) is 80.0 cm³/mol. The summed E-state index contributed by atoms with van der Waals surface area (Å²) in [7, 11) is 0. The van der Waals surface area contributed by atoms with Crippen molar-refractivity contribution >= 4 is 17.9 Å². The van der Waals surface area contributed by atoms with Gasteiger partial charge in [-0.3, -0.25) is 0 Å². The summed E-state index contributed by atoms with van der Waals surface area (Å²) in [6.07, 6.45) is 1.10. The Hall–Kier alpha value is -3.16. The molecule has 0 spiro atoms. The molecule has 128 valence electrons. The second kappa shape index (κ2) is 6.76. The van der Waals surface area contributed by atoms with Crippen LogP contribution in [0.15, 0.2) is 53.2 Å². The smallest absolute Gasteiger partial charge is 0.387 e. The first-order chi connectivity index (χ1) is 11.9. The largest absolute Gasteiger partial charge is 0.435 e. The van der Waals surface area contributed by atoms with E-state index < -0.39 is 24.2 Å². The van der Waals surface area contributed by atoms with Crippen molar-refractivity contribution in [3.05, 3.63) is 70.9 Å². The third-order valence-electron chi connectivity index (χ3n) is 3.18. The summed E-state index contributed by atoms with van der Waals surface area (Å²) >= 11 is 0. The van der Waals surface area contributed by atoms with Crippen LogP contribution in [0.1, 0.15) is 11.1 Å². The number of hydrogen-bond donors (Lipinski definition) is 0. The van der Waals surface area contributed by atoms with Crippen molar-refractivity contribution in [2.45, 2.75) is 6.61 Å². The highest BCUT2D eigenvalue weighted by Gasteiger charge is 2.25. The maximum absolute atomic E-state index is 13.7. The van der Waals surface area contributed by atoms with Gasteiger partial charge in [0.1, 0.15) is 17.4 Å². The first kappa shape index (κ1) is 16.7. The molecule has 0 N–H and O–H groups in total. The fourth-order valence-electron chi connectivity index (χ4n) is 2.10. The molecule has 0 amide bonds. The number of cyclic esters (lactones) is 1. The second-order valence-corrected chi connectivity index (χ2v) is 4.91. The molecule has 2 aromatic rings. The number of benzene rings is 2. The molecule has 0 bridgehead atoms. The third kappa shape index (κ3) is 3.85. The molecule has 0 saturated carbocycles. The number of esters is 1. The van der Waals surface area contributed by atoms with E-state index in [1.54, 1.807) is 0 Å². The number of alkyl halides is 2. The van der Waals surface area contributed by atoms with Crippen LogP contribution in [0.3, 0.4) is 0 Å². The van der Waals surface area contributed by atoms with E-state index >= 15 is 0 Å². The summed E-state index contributed by atoms with van der Waals surface area (Å²) in [6.45, 7) is -3.00. The second-order valence-electron chi connectivity index (χ2n) is 4.91. The number of nitrogens with zero attached hydrogens (tertiary/aromatic N) is 1. The van der Waals surface area contributed by atoms with Gasteiger partial charge in [0.2, 0.25) is 5.90 Å². The van der Waals surface area contributed by atoms with Gasteiger partial charge in [-0.05, 0) is 36.4 Å². The van der Waals surface area contributed by atoms with Gasteiger partial charge in [0.15, 0.2) is 5.70 Å². The van der Waals surface area contributed by atoms with E-state index in [1.165, 1.54) is 24.3 Å². The number of rotatable bonds is 4. The van der Waals surface area contributed by atoms with Crippen LogP contribution in [0.2, 0.25) is 0 Å². The van der Waals surface area contributed by atoms with Crippen molar-refractivity contribution in [3.63, 3.8) is 0 Å². The highest BCUT2D eigenvalue weighted by atomic mass is 19.3. The number of ether oxygens (including phenoxy) is 2. The fraction of sp³-hybridized carbons (Fsp3) is 0.0588. The molecule has 0 radical (unpaired) electrons. The number of aliphatic imine (C=N–C) groups is 1. The fourth-order valence-corrected chi connectivity index (χ4v) is 2.10. The van der Waals surface area contributed by atoms with Gasteiger partial charge in [-0.25, -0.2) is 18.6 Å². The summed E-state index contributed by atoms with van der Waals surface area (Å²) in [5.41, 5.74) is -0.0247. The number of carbonyl (C=O) groups excluding carboxylic acids is 1. The molecule has 0 aromatic heterocycles. The van der Waals surface area contributed by atoms with Gasteiger partial charge in [0, 0.05) is 17.2 Å². The van der Waals surface area contributed by atoms with Crippen LogP contribution in [-0.2, 0) is 9.53 Å². The summed E-state index contributed by atoms with van der Waals surface area (Å²) in [6, 6.07) is 8.28. The van der Waals surface area contributed by atoms with Gasteiger partial charge in [-0.2, -0.15) is 8.78 Å². The van der Waals surface area contributed by atoms with E-state index in [1.807, 2.05) is 0 Å². The van der Waals surface area contributed by atoms with Crippen molar-refractivity contribution in [2.75, 3.05) is 0 Å². The van der Waals surface area contributed by atoms with Crippen LogP contribution in [0.5, 0.6) is 5.75 Å². The Morgan fingerprint density at radius 1 is 1.12 bits per heavy atom. The van der Waals surface area contributed by atoms with Gasteiger partial charge in [-0.15, -0.1) is 0 Å². The Morgan fingerprint density at radius 2 is 1.92 bits per heavy atom. The minimum atomic E-state index is -3.00. The van der Waals surface area contributed by atoms with Gasteiger partial charge >= 0.3 is 12.6 Å². The molecule has 0 unspecified atom stereocenters. The van der Waals surface area contributed by atoms with E-state index in [-0.39, 0.29) is 28.5 Å².